The maximum atomic E-state index is 11.8. The lowest BCUT2D eigenvalue weighted by Gasteiger charge is -2.31. The van der Waals surface area contributed by atoms with Crippen LogP contribution in [0.15, 0.2) is 0 Å². The predicted molar refractivity (Wildman–Crippen MR) is 52.5 cm³/mol. The van der Waals surface area contributed by atoms with E-state index in [1.54, 1.807) is 0 Å². The Morgan fingerprint density at radius 2 is 2.23 bits per heavy atom. The summed E-state index contributed by atoms with van der Waals surface area (Å²) in [6, 6.07) is 0. The van der Waals surface area contributed by atoms with E-state index in [9.17, 15) is 9.90 Å². The van der Waals surface area contributed by atoms with Crippen LogP contribution in [0.2, 0.25) is 0 Å². The molecule has 0 aromatic rings. The molecule has 2 nitrogen and oxygen atoms in total. The normalized spacial score (nSPS) is 35.9. The van der Waals surface area contributed by atoms with Crippen LogP contribution in [0.1, 0.15) is 52.4 Å². The van der Waals surface area contributed by atoms with Gasteiger partial charge in [-0.1, -0.05) is 26.7 Å². The van der Waals surface area contributed by atoms with Gasteiger partial charge in [0.2, 0.25) is 0 Å². The van der Waals surface area contributed by atoms with E-state index in [2.05, 4.69) is 6.92 Å². The van der Waals surface area contributed by atoms with Gasteiger partial charge in [-0.3, -0.25) is 4.79 Å². The fourth-order valence-corrected chi connectivity index (χ4v) is 2.24. The summed E-state index contributed by atoms with van der Waals surface area (Å²) in [5.41, 5.74) is -0.453. The molecular weight excluding hydrogens is 164 g/mol. The van der Waals surface area contributed by atoms with Gasteiger partial charge in [0.1, 0.15) is 5.78 Å². The van der Waals surface area contributed by atoms with E-state index in [1.807, 2.05) is 6.92 Å². The van der Waals surface area contributed by atoms with E-state index in [4.69, 9.17) is 0 Å². The van der Waals surface area contributed by atoms with E-state index in [0.717, 1.165) is 32.1 Å². The Labute approximate surface area is 80.3 Å². The number of aliphatic hydroxyl groups is 1. The van der Waals surface area contributed by atoms with Crippen LogP contribution < -0.4 is 0 Å². The molecule has 76 valence electrons. The van der Waals surface area contributed by atoms with E-state index in [1.165, 1.54) is 0 Å². The topological polar surface area (TPSA) is 37.3 Å². The first-order chi connectivity index (χ1) is 6.11. The summed E-state index contributed by atoms with van der Waals surface area (Å²) >= 11 is 0. The van der Waals surface area contributed by atoms with E-state index in [0.29, 0.717) is 6.42 Å². The Morgan fingerprint density at radius 3 is 2.85 bits per heavy atom. The zero-order chi connectivity index (χ0) is 9.90. The van der Waals surface area contributed by atoms with Crippen LogP contribution in [0.3, 0.4) is 0 Å². The minimum Gasteiger partial charge on any atom is -0.392 e. The first-order valence-corrected chi connectivity index (χ1v) is 5.32. The van der Waals surface area contributed by atoms with Crippen LogP contribution >= 0.6 is 0 Å². The zero-order valence-electron chi connectivity index (χ0n) is 8.68. The van der Waals surface area contributed by atoms with Crippen LogP contribution in [0, 0.1) is 5.41 Å². The van der Waals surface area contributed by atoms with Gasteiger partial charge in [0, 0.05) is 6.42 Å². The third-order valence-electron chi connectivity index (χ3n) is 3.27. The maximum Gasteiger partial charge on any atom is 0.141 e. The highest BCUT2D eigenvalue weighted by molar-refractivity contribution is 5.85. The van der Waals surface area contributed by atoms with Crippen molar-refractivity contribution in [2.24, 2.45) is 5.41 Å². The monoisotopic (exact) mass is 184 g/mol. The molecule has 1 fully saturated rings. The fraction of sp³-hybridized carbons (Fsp3) is 0.909. The lowest BCUT2D eigenvalue weighted by Crippen LogP contribution is -2.38. The fourth-order valence-electron chi connectivity index (χ4n) is 2.24. The standard InChI is InChI=1S/C11H20O2/c1-3-8-11(2)9(12)6-4-5-7-10(11)13/h9,12H,3-8H2,1-2H3/t9-,11+/m1/s1. The molecule has 2 atom stereocenters. The molecule has 0 bridgehead atoms. The number of rotatable bonds is 2. The van der Waals surface area contributed by atoms with Gasteiger partial charge in [0.25, 0.3) is 0 Å². The average molecular weight is 184 g/mol. The first kappa shape index (κ1) is 10.7. The lowest BCUT2D eigenvalue weighted by atomic mass is 9.75. The molecule has 0 heterocycles. The summed E-state index contributed by atoms with van der Waals surface area (Å²) < 4.78 is 0. The predicted octanol–water partition coefficient (Wildman–Crippen LogP) is 2.30. The van der Waals surface area contributed by atoms with Crippen molar-refractivity contribution in [2.75, 3.05) is 0 Å². The second-order valence-electron chi connectivity index (χ2n) is 4.35. The molecular formula is C11H20O2. The summed E-state index contributed by atoms with van der Waals surface area (Å²) in [6.07, 6.45) is 4.78. The molecule has 0 spiro atoms. The number of hydrogen-bond acceptors (Lipinski definition) is 2. The molecule has 0 aromatic heterocycles. The van der Waals surface area contributed by atoms with Gasteiger partial charge in [-0.15, -0.1) is 0 Å². The Bertz CT molecular complexity index is 189. The van der Waals surface area contributed by atoms with Crippen molar-refractivity contribution in [1.29, 1.82) is 0 Å². The number of Topliss-reactive ketones (excluding diaryl/α,β-unsaturated/α-hetero) is 1. The SMILES string of the molecule is CCC[C@]1(C)C(=O)CCCC[C@H]1O. The quantitative estimate of drug-likeness (QED) is 0.669. The molecule has 0 radical (unpaired) electrons. The largest absolute Gasteiger partial charge is 0.392 e. The van der Waals surface area contributed by atoms with Crippen LogP contribution in [-0.4, -0.2) is 17.0 Å². The van der Waals surface area contributed by atoms with Gasteiger partial charge in [0.15, 0.2) is 0 Å². The molecule has 0 unspecified atom stereocenters. The summed E-state index contributed by atoms with van der Waals surface area (Å²) in [5.74, 6) is 0.263. The lowest BCUT2D eigenvalue weighted by molar-refractivity contribution is -0.134. The van der Waals surface area contributed by atoms with Crippen molar-refractivity contribution in [1.82, 2.24) is 0 Å². The molecule has 0 amide bonds. The molecule has 1 saturated carbocycles. The minimum absolute atomic E-state index is 0.263. The van der Waals surface area contributed by atoms with Gasteiger partial charge < -0.3 is 5.11 Å². The van der Waals surface area contributed by atoms with Crippen molar-refractivity contribution in [3.8, 4) is 0 Å². The van der Waals surface area contributed by atoms with E-state index in [-0.39, 0.29) is 5.78 Å². The van der Waals surface area contributed by atoms with Crippen LogP contribution in [0.5, 0.6) is 0 Å². The molecule has 0 aromatic carbocycles. The Hall–Kier alpha value is -0.370. The van der Waals surface area contributed by atoms with Crippen LogP contribution in [0.4, 0.5) is 0 Å². The molecule has 1 N–H and O–H groups in total. The average Bonchev–Trinajstić information content (AvgIpc) is 2.20. The van der Waals surface area contributed by atoms with Crippen molar-refractivity contribution in [3.05, 3.63) is 0 Å². The highest BCUT2D eigenvalue weighted by Crippen LogP contribution is 2.35. The van der Waals surface area contributed by atoms with Gasteiger partial charge >= 0.3 is 0 Å². The van der Waals surface area contributed by atoms with Crippen LogP contribution in [-0.2, 0) is 4.79 Å². The number of carbonyl (C=O) groups is 1. The Morgan fingerprint density at radius 1 is 1.54 bits per heavy atom. The zero-order valence-corrected chi connectivity index (χ0v) is 8.68. The summed E-state index contributed by atoms with van der Waals surface area (Å²) in [6.45, 7) is 3.99. The van der Waals surface area contributed by atoms with Gasteiger partial charge in [-0.05, 0) is 19.3 Å². The molecule has 0 aliphatic heterocycles. The highest BCUT2D eigenvalue weighted by atomic mass is 16.3. The Balaban J connectivity index is 2.78. The molecule has 13 heavy (non-hydrogen) atoms. The summed E-state index contributed by atoms with van der Waals surface area (Å²) in [5, 5.41) is 9.89. The number of carbonyl (C=O) groups excluding carboxylic acids is 1. The van der Waals surface area contributed by atoms with Gasteiger partial charge in [-0.25, -0.2) is 0 Å². The van der Waals surface area contributed by atoms with Gasteiger partial charge in [0.05, 0.1) is 11.5 Å². The third-order valence-corrected chi connectivity index (χ3v) is 3.27. The number of aliphatic hydroxyl groups excluding tert-OH is 1. The maximum absolute atomic E-state index is 11.8. The van der Waals surface area contributed by atoms with Gasteiger partial charge in [-0.2, -0.15) is 0 Å². The first-order valence-electron chi connectivity index (χ1n) is 5.32. The van der Waals surface area contributed by atoms with Crippen molar-refractivity contribution in [3.63, 3.8) is 0 Å². The van der Waals surface area contributed by atoms with E-state index >= 15 is 0 Å². The number of ketones is 1. The molecule has 1 aliphatic carbocycles. The van der Waals surface area contributed by atoms with Crippen molar-refractivity contribution >= 4 is 5.78 Å². The molecule has 1 rings (SSSR count). The molecule has 0 saturated heterocycles. The van der Waals surface area contributed by atoms with E-state index < -0.39 is 11.5 Å². The second kappa shape index (κ2) is 4.23. The minimum atomic E-state index is -0.453. The highest BCUT2D eigenvalue weighted by Gasteiger charge is 2.39. The smallest absolute Gasteiger partial charge is 0.141 e. The summed E-state index contributed by atoms with van der Waals surface area (Å²) in [4.78, 5) is 11.8. The third kappa shape index (κ3) is 2.11. The summed E-state index contributed by atoms with van der Waals surface area (Å²) in [7, 11) is 0. The van der Waals surface area contributed by atoms with Crippen molar-refractivity contribution < 1.29 is 9.90 Å². The Kier molecular flexibility index (Phi) is 3.48. The molecule has 2 heteroatoms. The van der Waals surface area contributed by atoms with Crippen LogP contribution in [0.25, 0.3) is 0 Å². The second-order valence-corrected chi connectivity index (χ2v) is 4.35. The number of hydrogen-bond donors (Lipinski definition) is 1. The molecule has 1 aliphatic rings. The van der Waals surface area contributed by atoms with Crippen molar-refractivity contribution in [2.45, 2.75) is 58.5 Å².